The molecular formula is C15H21BrO2. The molecule has 100 valence electrons. The fraction of sp³-hybridized carbons (Fsp3) is 0.600. The van der Waals surface area contributed by atoms with Gasteiger partial charge in [-0.1, -0.05) is 54.1 Å². The lowest BCUT2D eigenvalue weighted by Crippen LogP contribution is -2.11. The summed E-state index contributed by atoms with van der Waals surface area (Å²) >= 11 is 3.51. The zero-order chi connectivity index (χ0) is 13.0. The van der Waals surface area contributed by atoms with Gasteiger partial charge in [0, 0.05) is 4.47 Å². The SMILES string of the molecule is COc1ccc(C(O)CC2CCCCC2)c(Br)c1. The second-order valence-electron chi connectivity index (χ2n) is 5.14. The van der Waals surface area contributed by atoms with Crippen molar-refractivity contribution in [3.8, 4) is 5.75 Å². The Morgan fingerprint density at radius 1 is 1.33 bits per heavy atom. The van der Waals surface area contributed by atoms with Crippen LogP contribution in [-0.2, 0) is 0 Å². The average Bonchev–Trinajstić information content (AvgIpc) is 2.39. The predicted molar refractivity (Wildman–Crippen MR) is 76.8 cm³/mol. The van der Waals surface area contributed by atoms with Gasteiger partial charge in [-0.3, -0.25) is 0 Å². The Morgan fingerprint density at radius 3 is 2.67 bits per heavy atom. The normalized spacial score (nSPS) is 18.6. The summed E-state index contributed by atoms with van der Waals surface area (Å²) in [7, 11) is 1.65. The van der Waals surface area contributed by atoms with Crippen LogP contribution in [0.15, 0.2) is 22.7 Å². The van der Waals surface area contributed by atoms with Crippen LogP contribution in [0.25, 0.3) is 0 Å². The van der Waals surface area contributed by atoms with E-state index in [0.717, 1.165) is 22.2 Å². The number of methoxy groups -OCH3 is 1. The summed E-state index contributed by atoms with van der Waals surface area (Å²) in [5, 5.41) is 10.3. The Kier molecular flexibility index (Phi) is 5.07. The molecule has 1 saturated carbocycles. The standard InChI is InChI=1S/C15H21BrO2/c1-18-12-7-8-13(14(16)10-12)15(17)9-11-5-3-2-4-6-11/h7-8,10-11,15,17H,2-6,9H2,1H3. The topological polar surface area (TPSA) is 29.5 Å². The van der Waals surface area contributed by atoms with Gasteiger partial charge in [-0.25, -0.2) is 0 Å². The molecule has 1 atom stereocenters. The van der Waals surface area contributed by atoms with Crippen molar-refractivity contribution in [1.29, 1.82) is 0 Å². The van der Waals surface area contributed by atoms with Gasteiger partial charge < -0.3 is 9.84 Å². The minimum atomic E-state index is -0.367. The van der Waals surface area contributed by atoms with Crippen LogP contribution in [-0.4, -0.2) is 12.2 Å². The molecule has 18 heavy (non-hydrogen) atoms. The van der Waals surface area contributed by atoms with Crippen LogP contribution in [0.5, 0.6) is 5.75 Å². The molecule has 1 aliphatic carbocycles. The van der Waals surface area contributed by atoms with Crippen LogP contribution < -0.4 is 4.74 Å². The van der Waals surface area contributed by atoms with Gasteiger partial charge in [0.25, 0.3) is 0 Å². The Balaban J connectivity index is 2.01. The van der Waals surface area contributed by atoms with E-state index in [1.54, 1.807) is 7.11 Å². The molecule has 0 aliphatic heterocycles. The Hall–Kier alpha value is -0.540. The Bertz CT molecular complexity index is 386. The molecule has 0 aromatic heterocycles. The van der Waals surface area contributed by atoms with Crippen LogP contribution >= 0.6 is 15.9 Å². The van der Waals surface area contributed by atoms with E-state index >= 15 is 0 Å². The largest absolute Gasteiger partial charge is 0.497 e. The average molecular weight is 313 g/mol. The number of halogens is 1. The van der Waals surface area contributed by atoms with Crippen LogP contribution in [0, 0.1) is 5.92 Å². The van der Waals surface area contributed by atoms with Crippen molar-refractivity contribution >= 4 is 15.9 Å². The maximum Gasteiger partial charge on any atom is 0.120 e. The highest BCUT2D eigenvalue weighted by atomic mass is 79.9. The summed E-state index contributed by atoms with van der Waals surface area (Å²) in [5.41, 5.74) is 0.973. The minimum absolute atomic E-state index is 0.367. The lowest BCUT2D eigenvalue weighted by molar-refractivity contribution is 0.130. The molecular weight excluding hydrogens is 292 g/mol. The summed E-state index contributed by atoms with van der Waals surface area (Å²) < 4.78 is 6.10. The summed E-state index contributed by atoms with van der Waals surface area (Å²) in [6.07, 6.45) is 7.05. The fourth-order valence-corrected chi connectivity index (χ4v) is 3.39. The molecule has 1 N–H and O–H groups in total. The van der Waals surface area contributed by atoms with E-state index in [4.69, 9.17) is 4.74 Å². The highest BCUT2D eigenvalue weighted by molar-refractivity contribution is 9.10. The second kappa shape index (κ2) is 6.58. The third-order valence-electron chi connectivity index (χ3n) is 3.85. The third-order valence-corrected chi connectivity index (χ3v) is 4.53. The molecule has 0 spiro atoms. The quantitative estimate of drug-likeness (QED) is 0.889. The lowest BCUT2D eigenvalue weighted by Gasteiger charge is -2.24. The van der Waals surface area contributed by atoms with Crippen LogP contribution in [0.2, 0.25) is 0 Å². The van der Waals surface area contributed by atoms with Crippen molar-refractivity contribution in [3.63, 3.8) is 0 Å². The van der Waals surface area contributed by atoms with Crippen LogP contribution in [0.4, 0.5) is 0 Å². The fourth-order valence-electron chi connectivity index (χ4n) is 2.77. The number of rotatable bonds is 4. The molecule has 0 radical (unpaired) electrons. The van der Waals surface area contributed by atoms with E-state index < -0.39 is 0 Å². The molecule has 1 aliphatic rings. The van der Waals surface area contributed by atoms with Crippen molar-refractivity contribution in [2.45, 2.75) is 44.6 Å². The zero-order valence-corrected chi connectivity index (χ0v) is 12.4. The summed E-state index contributed by atoms with van der Waals surface area (Å²) in [6.45, 7) is 0. The zero-order valence-electron chi connectivity index (χ0n) is 10.9. The van der Waals surface area contributed by atoms with E-state index in [9.17, 15) is 5.11 Å². The first-order chi connectivity index (χ1) is 8.70. The van der Waals surface area contributed by atoms with Crippen molar-refractivity contribution in [2.75, 3.05) is 7.11 Å². The molecule has 1 fully saturated rings. The smallest absolute Gasteiger partial charge is 0.120 e. The molecule has 0 bridgehead atoms. The maximum absolute atomic E-state index is 10.3. The van der Waals surface area contributed by atoms with E-state index in [0.29, 0.717) is 5.92 Å². The summed E-state index contributed by atoms with van der Waals surface area (Å²) in [4.78, 5) is 0. The highest BCUT2D eigenvalue weighted by Gasteiger charge is 2.20. The first-order valence-corrected chi connectivity index (χ1v) is 7.51. The number of benzene rings is 1. The lowest BCUT2D eigenvalue weighted by atomic mass is 9.84. The molecule has 0 heterocycles. The number of hydrogen-bond acceptors (Lipinski definition) is 2. The van der Waals surface area contributed by atoms with Gasteiger partial charge in [0.2, 0.25) is 0 Å². The van der Waals surface area contributed by atoms with Crippen molar-refractivity contribution in [3.05, 3.63) is 28.2 Å². The molecule has 0 amide bonds. The predicted octanol–water partition coefficient (Wildman–Crippen LogP) is 4.46. The molecule has 1 unspecified atom stereocenters. The Labute approximate surface area is 117 Å². The molecule has 0 saturated heterocycles. The van der Waals surface area contributed by atoms with Gasteiger partial charge in [0.1, 0.15) is 5.75 Å². The molecule has 2 rings (SSSR count). The van der Waals surface area contributed by atoms with E-state index in [2.05, 4.69) is 15.9 Å². The molecule has 3 heteroatoms. The minimum Gasteiger partial charge on any atom is -0.497 e. The first-order valence-electron chi connectivity index (χ1n) is 6.72. The summed E-state index contributed by atoms with van der Waals surface area (Å²) in [5.74, 6) is 1.50. The van der Waals surface area contributed by atoms with E-state index in [-0.39, 0.29) is 6.10 Å². The van der Waals surface area contributed by atoms with Gasteiger partial charge in [-0.2, -0.15) is 0 Å². The van der Waals surface area contributed by atoms with E-state index in [1.807, 2.05) is 18.2 Å². The monoisotopic (exact) mass is 312 g/mol. The Morgan fingerprint density at radius 2 is 2.06 bits per heavy atom. The highest BCUT2D eigenvalue weighted by Crippen LogP contribution is 2.35. The second-order valence-corrected chi connectivity index (χ2v) is 6.00. The van der Waals surface area contributed by atoms with E-state index in [1.165, 1.54) is 32.1 Å². The van der Waals surface area contributed by atoms with Crippen molar-refractivity contribution < 1.29 is 9.84 Å². The third kappa shape index (κ3) is 3.48. The van der Waals surface area contributed by atoms with Crippen LogP contribution in [0.3, 0.4) is 0 Å². The van der Waals surface area contributed by atoms with Crippen LogP contribution in [0.1, 0.15) is 50.2 Å². The number of ether oxygens (including phenoxy) is 1. The summed E-state index contributed by atoms with van der Waals surface area (Å²) in [6, 6.07) is 5.78. The molecule has 1 aromatic rings. The maximum atomic E-state index is 10.3. The van der Waals surface area contributed by atoms with Crippen molar-refractivity contribution in [2.24, 2.45) is 5.92 Å². The van der Waals surface area contributed by atoms with Gasteiger partial charge in [-0.05, 0) is 30.0 Å². The number of aliphatic hydroxyl groups excluding tert-OH is 1. The van der Waals surface area contributed by atoms with Gasteiger partial charge in [-0.15, -0.1) is 0 Å². The first kappa shape index (κ1) is 13.9. The molecule has 1 aromatic carbocycles. The van der Waals surface area contributed by atoms with Crippen molar-refractivity contribution in [1.82, 2.24) is 0 Å². The molecule has 2 nitrogen and oxygen atoms in total. The van der Waals surface area contributed by atoms with Gasteiger partial charge >= 0.3 is 0 Å². The number of hydrogen-bond donors (Lipinski definition) is 1. The van der Waals surface area contributed by atoms with Gasteiger partial charge in [0.05, 0.1) is 13.2 Å². The number of aliphatic hydroxyl groups is 1. The van der Waals surface area contributed by atoms with Gasteiger partial charge in [0.15, 0.2) is 0 Å².